The maximum absolute atomic E-state index is 10.6. The lowest BCUT2D eigenvalue weighted by molar-refractivity contribution is -0.137. The summed E-state index contributed by atoms with van der Waals surface area (Å²) in [5.41, 5.74) is 2.53. The van der Waals surface area contributed by atoms with Gasteiger partial charge in [-0.1, -0.05) is 18.2 Å². The SMILES string of the molecule is O=C(O)CCCCc1ccc(N2CCCC(OC3=CCCC=C3)C2)cc1. The van der Waals surface area contributed by atoms with E-state index < -0.39 is 5.97 Å². The smallest absolute Gasteiger partial charge is 0.303 e. The monoisotopic (exact) mass is 355 g/mol. The predicted molar refractivity (Wildman–Crippen MR) is 104 cm³/mol. The van der Waals surface area contributed by atoms with Gasteiger partial charge in [-0.3, -0.25) is 4.79 Å². The van der Waals surface area contributed by atoms with Crippen LogP contribution in [0.1, 0.15) is 50.5 Å². The number of nitrogens with zero attached hydrogens (tertiary/aromatic N) is 1. The molecule has 0 amide bonds. The van der Waals surface area contributed by atoms with Crippen molar-refractivity contribution in [3.05, 3.63) is 53.8 Å². The molecule has 1 N–H and O–H groups in total. The lowest BCUT2D eigenvalue weighted by Gasteiger charge is -2.35. The van der Waals surface area contributed by atoms with Gasteiger partial charge in [0, 0.05) is 18.7 Å². The molecule has 1 aromatic carbocycles. The van der Waals surface area contributed by atoms with E-state index in [9.17, 15) is 4.79 Å². The zero-order valence-electron chi connectivity index (χ0n) is 15.4. The van der Waals surface area contributed by atoms with Gasteiger partial charge in [0.05, 0.1) is 6.54 Å². The first-order valence-corrected chi connectivity index (χ1v) is 9.80. The van der Waals surface area contributed by atoms with Gasteiger partial charge in [0.2, 0.25) is 0 Å². The van der Waals surface area contributed by atoms with Gasteiger partial charge in [-0.2, -0.15) is 0 Å². The van der Waals surface area contributed by atoms with E-state index >= 15 is 0 Å². The summed E-state index contributed by atoms with van der Waals surface area (Å²) in [5, 5.41) is 8.69. The molecule has 4 heteroatoms. The Hall–Kier alpha value is -2.23. The van der Waals surface area contributed by atoms with Crippen LogP contribution in [0.2, 0.25) is 0 Å². The van der Waals surface area contributed by atoms with Crippen LogP contribution in [0, 0.1) is 0 Å². The summed E-state index contributed by atoms with van der Waals surface area (Å²) < 4.78 is 6.18. The lowest BCUT2D eigenvalue weighted by Crippen LogP contribution is -2.39. The summed E-state index contributed by atoms with van der Waals surface area (Å²) in [6, 6.07) is 8.73. The number of rotatable bonds is 8. The van der Waals surface area contributed by atoms with Crippen molar-refractivity contribution in [3.63, 3.8) is 0 Å². The standard InChI is InChI=1S/C22H29NO3/c24-22(25)11-5-4-7-18-12-14-19(15-13-18)23-16-6-10-21(17-23)26-20-8-2-1-3-9-20/h2,8-9,12-15,21H,1,3-7,10-11,16-17H2,(H,24,25). The second-order valence-corrected chi connectivity index (χ2v) is 7.18. The first-order valence-electron chi connectivity index (χ1n) is 9.80. The van der Waals surface area contributed by atoms with Crippen LogP contribution in [-0.4, -0.2) is 30.3 Å². The third kappa shape index (κ3) is 5.65. The topological polar surface area (TPSA) is 49.8 Å². The molecule has 1 aliphatic carbocycles. The molecule has 26 heavy (non-hydrogen) atoms. The molecule has 0 spiro atoms. The number of piperidine rings is 1. The van der Waals surface area contributed by atoms with Crippen LogP contribution in [0.5, 0.6) is 0 Å². The Morgan fingerprint density at radius 2 is 2.04 bits per heavy atom. The van der Waals surface area contributed by atoms with Gasteiger partial charge < -0.3 is 14.7 Å². The summed E-state index contributed by atoms with van der Waals surface area (Å²) in [6.07, 6.45) is 14.1. The van der Waals surface area contributed by atoms with Crippen LogP contribution in [0.3, 0.4) is 0 Å². The molecule has 0 bridgehead atoms. The maximum atomic E-state index is 10.6. The molecular formula is C22H29NO3. The van der Waals surface area contributed by atoms with Crippen molar-refractivity contribution in [1.82, 2.24) is 0 Å². The van der Waals surface area contributed by atoms with Gasteiger partial charge in [-0.25, -0.2) is 0 Å². The highest BCUT2D eigenvalue weighted by atomic mass is 16.5. The Morgan fingerprint density at radius 1 is 1.19 bits per heavy atom. The number of anilines is 1. The number of hydrogen-bond acceptors (Lipinski definition) is 3. The third-order valence-electron chi connectivity index (χ3n) is 5.05. The number of carbonyl (C=O) groups is 1. The third-order valence-corrected chi connectivity index (χ3v) is 5.05. The van der Waals surface area contributed by atoms with Crippen molar-refractivity contribution in [2.75, 3.05) is 18.0 Å². The quantitative estimate of drug-likeness (QED) is 0.687. The Morgan fingerprint density at radius 3 is 2.77 bits per heavy atom. The molecule has 2 aliphatic rings. The predicted octanol–water partition coefficient (Wildman–Crippen LogP) is 4.70. The number of hydrogen-bond donors (Lipinski definition) is 1. The van der Waals surface area contributed by atoms with Gasteiger partial charge in [-0.15, -0.1) is 0 Å². The summed E-state index contributed by atoms with van der Waals surface area (Å²) in [4.78, 5) is 13.0. The molecule has 140 valence electrons. The zero-order valence-corrected chi connectivity index (χ0v) is 15.4. The Kier molecular flexibility index (Phi) is 6.75. The summed E-state index contributed by atoms with van der Waals surface area (Å²) in [7, 11) is 0. The van der Waals surface area contributed by atoms with Gasteiger partial charge >= 0.3 is 5.97 Å². The maximum Gasteiger partial charge on any atom is 0.303 e. The number of allylic oxidation sites excluding steroid dienone is 3. The molecule has 0 aromatic heterocycles. The first-order chi connectivity index (χ1) is 12.7. The van der Waals surface area contributed by atoms with Crippen LogP contribution in [0.4, 0.5) is 5.69 Å². The highest BCUT2D eigenvalue weighted by molar-refractivity contribution is 5.66. The largest absolute Gasteiger partial charge is 0.489 e. The minimum absolute atomic E-state index is 0.258. The number of aliphatic carboxylic acids is 1. The molecule has 0 radical (unpaired) electrons. The second-order valence-electron chi connectivity index (χ2n) is 7.18. The Balaban J connectivity index is 1.49. The normalized spacial score (nSPS) is 19.9. The summed E-state index contributed by atoms with van der Waals surface area (Å²) >= 11 is 0. The molecule has 1 unspecified atom stereocenters. The van der Waals surface area contributed by atoms with Crippen molar-refractivity contribution in [2.45, 2.75) is 57.5 Å². The van der Waals surface area contributed by atoms with Crippen LogP contribution in [0.25, 0.3) is 0 Å². The van der Waals surface area contributed by atoms with Gasteiger partial charge in [0.25, 0.3) is 0 Å². The Labute approximate surface area is 156 Å². The van der Waals surface area contributed by atoms with Crippen molar-refractivity contribution >= 4 is 11.7 Å². The average Bonchev–Trinajstić information content (AvgIpc) is 2.67. The lowest BCUT2D eigenvalue weighted by atomic mass is 10.0. The number of carboxylic acids is 1. The fraction of sp³-hybridized carbons (Fsp3) is 0.500. The van der Waals surface area contributed by atoms with Crippen LogP contribution in [-0.2, 0) is 16.0 Å². The van der Waals surface area contributed by atoms with Gasteiger partial charge in [0.15, 0.2) is 0 Å². The number of carboxylic acid groups (broad SMARTS) is 1. The van der Waals surface area contributed by atoms with Crippen LogP contribution >= 0.6 is 0 Å². The van der Waals surface area contributed by atoms with Crippen molar-refractivity contribution in [2.24, 2.45) is 0 Å². The molecule has 1 fully saturated rings. The molecule has 3 rings (SSSR count). The van der Waals surface area contributed by atoms with Gasteiger partial charge in [-0.05, 0) is 74.8 Å². The highest BCUT2D eigenvalue weighted by Crippen LogP contribution is 2.24. The number of ether oxygens (including phenoxy) is 1. The van der Waals surface area contributed by atoms with Crippen LogP contribution < -0.4 is 4.90 Å². The second kappa shape index (κ2) is 9.46. The average molecular weight is 355 g/mol. The summed E-state index contributed by atoms with van der Waals surface area (Å²) in [5.74, 6) is 0.321. The van der Waals surface area contributed by atoms with E-state index in [4.69, 9.17) is 9.84 Å². The van der Waals surface area contributed by atoms with Crippen molar-refractivity contribution in [3.8, 4) is 0 Å². The minimum atomic E-state index is -0.707. The van der Waals surface area contributed by atoms with Gasteiger partial charge in [0.1, 0.15) is 11.9 Å². The van der Waals surface area contributed by atoms with E-state index in [1.165, 1.54) is 11.3 Å². The van der Waals surface area contributed by atoms with E-state index in [-0.39, 0.29) is 12.5 Å². The van der Waals surface area contributed by atoms with Crippen molar-refractivity contribution in [1.29, 1.82) is 0 Å². The van der Waals surface area contributed by atoms with Crippen molar-refractivity contribution < 1.29 is 14.6 Å². The van der Waals surface area contributed by atoms with E-state index in [0.717, 1.165) is 63.8 Å². The van der Waals surface area contributed by atoms with E-state index in [0.29, 0.717) is 0 Å². The highest BCUT2D eigenvalue weighted by Gasteiger charge is 2.22. The summed E-state index contributed by atoms with van der Waals surface area (Å²) in [6.45, 7) is 2.01. The number of aryl methyl sites for hydroxylation is 1. The first kappa shape index (κ1) is 18.6. The molecular weight excluding hydrogens is 326 g/mol. The van der Waals surface area contributed by atoms with E-state index in [1.807, 2.05) is 0 Å². The molecule has 0 saturated carbocycles. The molecule has 4 nitrogen and oxygen atoms in total. The Bertz CT molecular complexity index is 648. The number of unbranched alkanes of at least 4 members (excludes halogenated alkanes) is 1. The van der Waals surface area contributed by atoms with Crippen LogP contribution in [0.15, 0.2) is 48.3 Å². The minimum Gasteiger partial charge on any atom is -0.489 e. The van der Waals surface area contributed by atoms with E-state index in [1.54, 1.807) is 0 Å². The molecule has 1 saturated heterocycles. The fourth-order valence-corrected chi connectivity index (χ4v) is 3.62. The number of benzene rings is 1. The van der Waals surface area contributed by atoms with E-state index in [2.05, 4.69) is 47.4 Å². The molecule has 1 heterocycles. The fourth-order valence-electron chi connectivity index (χ4n) is 3.62. The molecule has 1 aromatic rings. The molecule has 1 aliphatic heterocycles. The molecule has 1 atom stereocenters. The zero-order chi connectivity index (χ0) is 18.2.